The molecule has 0 radical (unpaired) electrons. The number of fused-ring (bicyclic) bond motifs is 14. The third-order valence-corrected chi connectivity index (χ3v) is 16.2. The van der Waals surface area contributed by atoms with Crippen molar-refractivity contribution in [1.29, 1.82) is 0 Å². The van der Waals surface area contributed by atoms with Crippen molar-refractivity contribution >= 4 is 43.6 Å². The molecule has 77 heavy (non-hydrogen) atoms. The normalized spacial score (nSPS) is 13.0. The van der Waals surface area contributed by atoms with Crippen LogP contribution in [0.2, 0.25) is 0 Å². The lowest BCUT2D eigenvalue weighted by Crippen LogP contribution is -2.36. The van der Waals surface area contributed by atoms with Gasteiger partial charge in [0.1, 0.15) is 23.0 Å². The van der Waals surface area contributed by atoms with Gasteiger partial charge in [-0.05, 0) is 117 Å². The highest BCUT2D eigenvalue weighted by atomic mass is 16.5. The van der Waals surface area contributed by atoms with E-state index >= 15 is 0 Å². The van der Waals surface area contributed by atoms with Crippen molar-refractivity contribution in [3.8, 4) is 78.9 Å². The fraction of sp³-hybridized carbons (Fsp3) is 0.0137. The summed E-state index contributed by atoms with van der Waals surface area (Å²) in [4.78, 5) is 0. The number of ether oxygens (including phenoxy) is 2. The second-order valence-electron chi connectivity index (χ2n) is 20.4. The largest absolute Gasteiger partial charge is 0.457 e. The molecule has 1 spiro atoms. The van der Waals surface area contributed by atoms with Crippen molar-refractivity contribution in [3.05, 3.63) is 301 Å². The number of benzene rings is 12. The molecule has 2 aromatic heterocycles. The molecule has 4 nitrogen and oxygen atoms in total. The van der Waals surface area contributed by atoms with Crippen LogP contribution in [-0.2, 0) is 5.41 Å². The summed E-state index contributed by atoms with van der Waals surface area (Å²) in [6.07, 6.45) is 0. The quantitative estimate of drug-likeness (QED) is 0.166. The number of hydrogen-bond acceptors (Lipinski definition) is 2. The SMILES string of the molecule is c1ccc(-c2ccc(-n3c4ccc(-c5ccccc5)cc4c4cc5c(cc43)Oc3cc4c(cc3C53c5ccccc5Oc5ccccc53)c3cc(-c5ccccc5)ccc3n4-c3ccc(-c4ccccc4)cc3)cc2)cc1. The Bertz CT molecular complexity index is 4340. The van der Waals surface area contributed by atoms with E-state index < -0.39 is 5.41 Å². The van der Waals surface area contributed by atoms with E-state index in [0.29, 0.717) is 0 Å². The van der Waals surface area contributed by atoms with Crippen LogP contribution in [0, 0.1) is 0 Å². The standard InChI is InChI=1S/C73H46N2O2/c1-5-17-47(18-6-1)51-29-35-55(36-30-51)74-65-39-33-53(49-21-9-3-10-22-49)41-57(65)59-43-63-71(45-67(59)74)77-72-46-68-60(44-64(72)73(63)61-25-13-15-27-69(61)76-70-28-16-14-26-62(70)73)58-42-54(50-23-11-4-12-24-50)34-40-66(58)75(68)56-37-31-52(32-38-56)48-19-7-2-8-20-48/h1-46H. The van der Waals surface area contributed by atoms with E-state index in [2.05, 4.69) is 288 Å². The fourth-order valence-corrected chi connectivity index (χ4v) is 12.7. The molecular weight excluding hydrogens is 937 g/mol. The first-order valence-corrected chi connectivity index (χ1v) is 26.4. The van der Waals surface area contributed by atoms with Crippen molar-refractivity contribution in [1.82, 2.24) is 9.13 Å². The highest BCUT2D eigenvalue weighted by Gasteiger charge is 2.51. The van der Waals surface area contributed by atoms with Gasteiger partial charge in [-0.15, -0.1) is 0 Å². The second kappa shape index (κ2) is 16.9. The van der Waals surface area contributed by atoms with E-state index in [1.165, 1.54) is 33.4 Å². The van der Waals surface area contributed by atoms with Crippen LogP contribution in [-0.4, -0.2) is 9.13 Å². The molecule has 2 aliphatic rings. The molecule has 16 rings (SSSR count). The fourth-order valence-electron chi connectivity index (χ4n) is 12.7. The molecule has 14 aromatic rings. The topological polar surface area (TPSA) is 28.3 Å². The monoisotopic (exact) mass is 982 g/mol. The van der Waals surface area contributed by atoms with Crippen LogP contribution in [0.4, 0.5) is 0 Å². The van der Waals surface area contributed by atoms with Crippen molar-refractivity contribution in [2.75, 3.05) is 0 Å². The van der Waals surface area contributed by atoms with Gasteiger partial charge in [0.25, 0.3) is 0 Å². The molecule has 0 aliphatic carbocycles. The number of rotatable bonds is 6. The minimum Gasteiger partial charge on any atom is -0.457 e. The number of para-hydroxylation sites is 2. The van der Waals surface area contributed by atoms with Gasteiger partial charge in [-0.1, -0.05) is 194 Å². The summed E-state index contributed by atoms with van der Waals surface area (Å²) >= 11 is 0. The van der Waals surface area contributed by atoms with E-state index in [-0.39, 0.29) is 0 Å². The first-order valence-electron chi connectivity index (χ1n) is 26.4. The molecule has 0 bridgehead atoms. The van der Waals surface area contributed by atoms with E-state index in [1.807, 2.05) is 0 Å². The lowest BCUT2D eigenvalue weighted by molar-refractivity contribution is 0.400. The summed E-state index contributed by atoms with van der Waals surface area (Å²) in [6.45, 7) is 0. The van der Waals surface area contributed by atoms with Gasteiger partial charge in [-0.2, -0.15) is 0 Å². The minimum absolute atomic E-state index is 0.797. The third-order valence-electron chi connectivity index (χ3n) is 16.2. The van der Waals surface area contributed by atoms with Crippen LogP contribution in [0.15, 0.2) is 279 Å². The molecule has 0 unspecified atom stereocenters. The molecule has 0 amide bonds. The number of aromatic nitrogens is 2. The zero-order chi connectivity index (χ0) is 50.6. The molecule has 360 valence electrons. The molecule has 12 aromatic carbocycles. The van der Waals surface area contributed by atoms with Gasteiger partial charge >= 0.3 is 0 Å². The van der Waals surface area contributed by atoms with Crippen LogP contribution in [0.25, 0.3) is 99.5 Å². The Morgan fingerprint density at radius 3 is 0.935 bits per heavy atom. The summed E-state index contributed by atoms with van der Waals surface area (Å²) in [5.74, 6) is 3.24. The summed E-state index contributed by atoms with van der Waals surface area (Å²) in [6, 6.07) is 101. The minimum atomic E-state index is -0.859. The summed E-state index contributed by atoms with van der Waals surface area (Å²) in [5, 5.41) is 4.61. The zero-order valence-corrected chi connectivity index (χ0v) is 41.8. The van der Waals surface area contributed by atoms with Gasteiger partial charge in [0.15, 0.2) is 0 Å². The molecule has 2 aliphatic heterocycles. The third kappa shape index (κ3) is 6.59. The van der Waals surface area contributed by atoms with Gasteiger partial charge in [0, 0.05) is 67.3 Å². The molecular formula is C73H46N2O2. The van der Waals surface area contributed by atoms with Gasteiger partial charge < -0.3 is 18.6 Å². The molecule has 0 saturated carbocycles. The molecule has 4 heteroatoms. The van der Waals surface area contributed by atoms with Gasteiger partial charge in [-0.3, -0.25) is 0 Å². The van der Waals surface area contributed by atoms with Crippen LogP contribution in [0.1, 0.15) is 22.3 Å². The van der Waals surface area contributed by atoms with Crippen LogP contribution in [0.3, 0.4) is 0 Å². The Labute approximate surface area is 445 Å². The van der Waals surface area contributed by atoms with E-state index in [4.69, 9.17) is 9.47 Å². The molecule has 0 saturated heterocycles. The lowest BCUT2D eigenvalue weighted by Gasteiger charge is -2.45. The van der Waals surface area contributed by atoms with Crippen LogP contribution < -0.4 is 9.47 Å². The highest BCUT2D eigenvalue weighted by Crippen LogP contribution is 2.63. The van der Waals surface area contributed by atoms with Crippen molar-refractivity contribution in [3.63, 3.8) is 0 Å². The molecule has 0 fully saturated rings. The summed E-state index contributed by atoms with van der Waals surface area (Å²) in [5.41, 5.74) is 19.3. The number of hydrogen-bond donors (Lipinski definition) is 0. The second-order valence-corrected chi connectivity index (χ2v) is 20.4. The van der Waals surface area contributed by atoms with Crippen molar-refractivity contribution in [2.24, 2.45) is 0 Å². The summed E-state index contributed by atoms with van der Waals surface area (Å²) < 4.78 is 19.4. The predicted molar refractivity (Wildman–Crippen MR) is 315 cm³/mol. The smallest absolute Gasteiger partial charge is 0.134 e. The van der Waals surface area contributed by atoms with E-state index in [0.717, 1.165) is 111 Å². The Balaban J connectivity index is 1.00. The Morgan fingerprint density at radius 1 is 0.221 bits per heavy atom. The number of nitrogens with zero attached hydrogens (tertiary/aromatic N) is 2. The Kier molecular flexibility index (Phi) is 9.52. The molecule has 0 atom stereocenters. The maximum atomic E-state index is 7.60. The van der Waals surface area contributed by atoms with E-state index in [9.17, 15) is 0 Å². The zero-order valence-electron chi connectivity index (χ0n) is 41.8. The lowest BCUT2D eigenvalue weighted by atomic mass is 9.62. The van der Waals surface area contributed by atoms with Crippen LogP contribution >= 0.6 is 0 Å². The van der Waals surface area contributed by atoms with Gasteiger partial charge in [0.05, 0.1) is 27.5 Å². The predicted octanol–water partition coefficient (Wildman–Crippen LogP) is 19.1. The maximum absolute atomic E-state index is 7.60. The van der Waals surface area contributed by atoms with Gasteiger partial charge in [0.2, 0.25) is 0 Å². The van der Waals surface area contributed by atoms with E-state index in [1.54, 1.807) is 0 Å². The average molecular weight is 983 g/mol. The van der Waals surface area contributed by atoms with Crippen molar-refractivity contribution < 1.29 is 9.47 Å². The van der Waals surface area contributed by atoms with Gasteiger partial charge in [-0.25, -0.2) is 0 Å². The molecule has 0 N–H and O–H groups in total. The Hall–Kier alpha value is -10.2. The van der Waals surface area contributed by atoms with Crippen molar-refractivity contribution in [2.45, 2.75) is 5.41 Å². The average Bonchev–Trinajstić information content (AvgIpc) is 3.96. The molecule has 4 heterocycles. The first-order chi connectivity index (χ1) is 38.2. The highest BCUT2D eigenvalue weighted by molar-refractivity contribution is 6.13. The summed E-state index contributed by atoms with van der Waals surface area (Å²) in [7, 11) is 0. The Morgan fingerprint density at radius 2 is 0.532 bits per heavy atom. The maximum Gasteiger partial charge on any atom is 0.134 e. The first kappa shape index (κ1) is 43.3. The van der Waals surface area contributed by atoms with Crippen LogP contribution in [0.5, 0.6) is 23.0 Å².